The molecule has 0 aliphatic carbocycles. The number of para-hydroxylation sites is 4. The maximum absolute atomic E-state index is 9.22. The first-order valence-electron chi connectivity index (χ1n) is 16.2. The highest BCUT2D eigenvalue weighted by Crippen LogP contribution is 2.49. The molecule has 10 rings (SSSR count). The molecule has 10 aromatic rings. The van der Waals surface area contributed by atoms with Gasteiger partial charge in [-0.15, -0.1) is 0 Å². The van der Waals surface area contributed by atoms with E-state index in [9.17, 15) is 5.26 Å². The van der Waals surface area contributed by atoms with Crippen LogP contribution in [0.5, 0.6) is 0 Å². The van der Waals surface area contributed by atoms with Crippen LogP contribution in [0.3, 0.4) is 0 Å². The Bertz CT molecular complexity index is 2900. The lowest BCUT2D eigenvalue weighted by atomic mass is 10.0. The minimum absolute atomic E-state index is 0.680. The van der Waals surface area contributed by atoms with Crippen LogP contribution in [0.15, 0.2) is 156 Å². The molecule has 3 heterocycles. The number of nitriles is 1. The lowest BCUT2D eigenvalue weighted by molar-refractivity contribution is 0.673. The lowest BCUT2D eigenvalue weighted by Gasteiger charge is -2.13. The molecule has 0 atom stereocenters. The quantitative estimate of drug-likeness (QED) is 0.198. The van der Waals surface area contributed by atoms with E-state index in [1.807, 2.05) is 24.3 Å². The Morgan fingerprint density at radius 1 is 0.479 bits per heavy atom. The Labute approximate surface area is 275 Å². The molecule has 0 amide bonds. The molecule has 4 nitrogen and oxygen atoms in total. The van der Waals surface area contributed by atoms with E-state index in [-0.39, 0.29) is 0 Å². The fourth-order valence-corrected chi connectivity index (χ4v) is 7.69. The molecule has 0 spiro atoms. The van der Waals surface area contributed by atoms with Gasteiger partial charge in [0.1, 0.15) is 11.2 Å². The minimum atomic E-state index is 0.680. The molecule has 0 saturated carbocycles. The average molecular weight is 614 g/mol. The molecule has 3 aromatic heterocycles. The zero-order valence-corrected chi connectivity index (χ0v) is 25.9. The molecule has 0 fully saturated rings. The molecule has 48 heavy (non-hydrogen) atoms. The van der Waals surface area contributed by atoms with Crippen molar-refractivity contribution in [1.82, 2.24) is 9.13 Å². The molecule has 4 heteroatoms. The van der Waals surface area contributed by atoms with Gasteiger partial charge in [-0.1, -0.05) is 97.1 Å². The second kappa shape index (κ2) is 10.2. The summed E-state index contributed by atoms with van der Waals surface area (Å²) in [6.45, 7) is 0. The molecule has 0 saturated heterocycles. The number of aromatic nitrogens is 2. The van der Waals surface area contributed by atoms with Crippen molar-refractivity contribution in [3.05, 3.63) is 168 Å². The number of nitrogens with zero attached hydrogens (tertiary/aromatic N) is 3. The standard InChI is InChI=1S/C44H27N3O/c45-27-30-20-18-28(19-21-30)26-29-22-24-32(25-23-29)47-36-15-7-4-12-33(36)39-40-35-14-6-9-17-38(35)48-44(40)41-34-13-5-8-16-37(34)46(43(41)42(39)47)31-10-2-1-3-11-31/h1-25H,26H2. The molecule has 0 unspecified atom stereocenters. The Kier molecular flexibility index (Phi) is 5.67. The van der Waals surface area contributed by atoms with E-state index < -0.39 is 0 Å². The van der Waals surface area contributed by atoms with E-state index in [1.54, 1.807) is 0 Å². The molecule has 7 aromatic carbocycles. The third-order valence-electron chi connectivity index (χ3n) is 9.75. The van der Waals surface area contributed by atoms with Crippen molar-refractivity contribution in [2.24, 2.45) is 0 Å². The number of furan rings is 1. The van der Waals surface area contributed by atoms with Crippen molar-refractivity contribution in [3.63, 3.8) is 0 Å². The average Bonchev–Trinajstić information content (AvgIpc) is 3.81. The van der Waals surface area contributed by atoms with Crippen molar-refractivity contribution in [1.29, 1.82) is 5.26 Å². The normalized spacial score (nSPS) is 11.8. The first kappa shape index (κ1) is 26.6. The van der Waals surface area contributed by atoms with Crippen molar-refractivity contribution in [2.45, 2.75) is 6.42 Å². The molecule has 0 bridgehead atoms. The summed E-state index contributed by atoms with van der Waals surface area (Å²) in [7, 11) is 0. The molecule has 0 radical (unpaired) electrons. The SMILES string of the molecule is N#Cc1ccc(Cc2ccc(-n3c4ccccc4c4c5c6ccccc6oc5c5c6ccccc6n(-c6ccccc6)c5c43)cc2)cc1. The minimum Gasteiger partial charge on any atom is -0.455 e. The van der Waals surface area contributed by atoms with Crippen molar-refractivity contribution < 1.29 is 4.42 Å². The van der Waals surface area contributed by atoms with Crippen molar-refractivity contribution >= 4 is 65.6 Å². The van der Waals surface area contributed by atoms with Gasteiger partial charge in [-0.3, -0.25) is 0 Å². The van der Waals surface area contributed by atoms with Crippen LogP contribution in [0.2, 0.25) is 0 Å². The van der Waals surface area contributed by atoms with Crippen LogP contribution in [0.1, 0.15) is 16.7 Å². The number of rotatable bonds is 4. The van der Waals surface area contributed by atoms with Gasteiger partial charge in [-0.25, -0.2) is 0 Å². The van der Waals surface area contributed by atoms with E-state index in [1.165, 1.54) is 21.9 Å². The summed E-state index contributed by atoms with van der Waals surface area (Å²) in [5.41, 5.74) is 11.7. The third kappa shape index (κ3) is 3.76. The van der Waals surface area contributed by atoms with Crippen LogP contribution in [-0.2, 0) is 6.42 Å². The summed E-state index contributed by atoms with van der Waals surface area (Å²) in [4.78, 5) is 0. The van der Waals surface area contributed by atoms with Crippen LogP contribution in [0.25, 0.3) is 76.9 Å². The molecule has 224 valence electrons. The van der Waals surface area contributed by atoms with Gasteiger partial charge in [0, 0.05) is 38.3 Å². The van der Waals surface area contributed by atoms with E-state index in [2.05, 4.69) is 143 Å². The maximum Gasteiger partial charge on any atom is 0.146 e. The number of hydrogen-bond donors (Lipinski definition) is 0. The first-order chi connectivity index (χ1) is 23.8. The summed E-state index contributed by atoms with van der Waals surface area (Å²) in [5.74, 6) is 0. The molecule has 0 aliphatic rings. The van der Waals surface area contributed by atoms with Crippen molar-refractivity contribution in [2.75, 3.05) is 0 Å². The number of benzene rings is 7. The zero-order valence-electron chi connectivity index (χ0n) is 25.9. The van der Waals surface area contributed by atoms with Crippen LogP contribution < -0.4 is 0 Å². The van der Waals surface area contributed by atoms with Gasteiger partial charge in [0.25, 0.3) is 0 Å². The van der Waals surface area contributed by atoms with Crippen LogP contribution in [0.4, 0.5) is 0 Å². The largest absolute Gasteiger partial charge is 0.455 e. The van der Waals surface area contributed by atoms with Gasteiger partial charge in [-0.05, 0) is 72.1 Å². The summed E-state index contributed by atoms with van der Waals surface area (Å²) in [6, 6.07) is 55.5. The Hall–Kier alpha value is -6.57. The van der Waals surface area contributed by atoms with Gasteiger partial charge in [0.2, 0.25) is 0 Å². The summed E-state index contributed by atoms with van der Waals surface area (Å²) >= 11 is 0. The summed E-state index contributed by atoms with van der Waals surface area (Å²) < 4.78 is 11.7. The van der Waals surface area contributed by atoms with E-state index >= 15 is 0 Å². The lowest BCUT2D eigenvalue weighted by Crippen LogP contribution is -1.99. The number of hydrogen-bond acceptors (Lipinski definition) is 2. The van der Waals surface area contributed by atoms with Gasteiger partial charge in [0.05, 0.1) is 39.1 Å². The molecular weight excluding hydrogens is 587 g/mol. The second-order valence-corrected chi connectivity index (χ2v) is 12.4. The highest BCUT2D eigenvalue weighted by molar-refractivity contribution is 6.39. The zero-order chi connectivity index (χ0) is 31.8. The highest BCUT2D eigenvalue weighted by atomic mass is 16.3. The van der Waals surface area contributed by atoms with Gasteiger partial charge in [0.15, 0.2) is 0 Å². The smallest absolute Gasteiger partial charge is 0.146 e. The summed E-state index contributed by atoms with van der Waals surface area (Å²) in [6.07, 6.45) is 0.799. The maximum atomic E-state index is 9.22. The van der Waals surface area contributed by atoms with E-state index in [0.29, 0.717) is 5.56 Å². The van der Waals surface area contributed by atoms with E-state index in [4.69, 9.17) is 4.42 Å². The third-order valence-corrected chi connectivity index (χ3v) is 9.75. The number of fused-ring (bicyclic) bond motifs is 12. The monoisotopic (exact) mass is 613 g/mol. The predicted octanol–water partition coefficient (Wildman–Crippen LogP) is 11.2. The van der Waals surface area contributed by atoms with Crippen LogP contribution in [0, 0.1) is 11.3 Å². The Morgan fingerprint density at radius 3 is 1.67 bits per heavy atom. The highest BCUT2D eigenvalue weighted by Gasteiger charge is 2.27. The van der Waals surface area contributed by atoms with Gasteiger partial charge < -0.3 is 13.6 Å². The fraction of sp³-hybridized carbons (Fsp3) is 0.0227. The fourth-order valence-electron chi connectivity index (χ4n) is 7.69. The van der Waals surface area contributed by atoms with Crippen molar-refractivity contribution in [3.8, 4) is 17.4 Å². The van der Waals surface area contributed by atoms with Crippen LogP contribution in [-0.4, -0.2) is 9.13 Å². The Balaban J connectivity index is 1.36. The predicted molar refractivity (Wildman–Crippen MR) is 196 cm³/mol. The molecule has 0 N–H and O–H groups in total. The van der Waals surface area contributed by atoms with Gasteiger partial charge >= 0.3 is 0 Å². The second-order valence-electron chi connectivity index (χ2n) is 12.4. The summed E-state index contributed by atoms with van der Waals surface area (Å²) in [5, 5.41) is 16.2. The van der Waals surface area contributed by atoms with Gasteiger partial charge in [-0.2, -0.15) is 5.26 Å². The topological polar surface area (TPSA) is 46.8 Å². The van der Waals surface area contributed by atoms with E-state index in [0.717, 1.165) is 72.6 Å². The Morgan fingerprint density at radius 2 is 1.00 bits per heavy atom. The first-order valence-corrected chi connectivity index (χ1v) is 16.2. The molecule has 0 aliphatic heterocycles. The molecular formula is C44H27N3O. The van der Waals surface area contributed by atoms with Crippen LogP contribution >= 0.6 is 0 Å².